The molecule has 1 saturated heterocycles. The summed E-state index contributed by atoms with van der Waals surface area (Å²) in [5, 5.41) is 36.5. The maximum atomic E-state index is 9.26. The largest absolute Gasteiger partial charge is 0.394 e. The van der Waals surface area contributed by atoms with Crippen molar-refractivity contribution < 1.29 is 29.0 Å². The molecule has 0 bridgehead atoms. The van der Waals surface area contributed by atoms with Crippen LogP contribution < -0.4 is 0 Å². The molecule has 6 nitrogen and oxygen atoms in total. The fourth-order valence-electron chi connectivity index (χ4n) is 1.14. The highest BCUT2D eigenvalue weighted by atomic mass is 79.9. The average molecular weight is 259 g/mol. The molecule has 0 saturated carbocycles. The van der Waals surface area contributed by atoms with Gasteiger partial charge in [0.1, 0.15) is 40.7 Å². The summed E-state index contributed by atoms with van der Waals surface area (Å²) in [6.07, 6.45) is -6.12. The van der Waals surface area contributed by atoms with Crippen LogP contribution in [0.15, 0.2) is 0 Å². The first kappa shape index (κ1) is 11.3. The van der Waals surface area contributed by atoms with Gasteiger partial charge in [0.15, 0.2) is 6.29 Å². The van der Waals surface area contributed by atoms with E-state index in [0.29, 0.717) is 0 Å². The van der Waals surface area contributed by atoms with Gasteiger partial charge in [0.25, 0.3) is 0 Å². The van der Waals surface area contributed by atoms with E-state index >= 15 is 0 Å². The summed E-state index contributed by atoms with van der Waals surface area (Å²) in [6.45, 7) is -0.461. The highest BCUT2D eigenvalue weighted by Crippen LogP contribution is 2.22. The number of aliphatic hydroxyl groups is 4. The predicted molar refractivity (Wildman–Crippen MR) is 43.8 cm³/mol. The normalized spacial score (nSPS) is 46.4. The lowest BCUT2D eigenvalue weighted by molar-refractivity contribution is -0.272. The number of halogens is 1. The summed E-state index contributed by atoms with van der Waals surface area (Å²) in [7, 11) is 0. The zero-order valence-corrected chi connectivity index (χ0v) is 8.16. The molecule has 0 amide bonds. The van der Waals surface area contributed by atoms with Crippen LogP contribution in [0.2, 0.25) is 0 Å². The number of aliphatic hydroxyl groups excluding tert-OH is 4. The van der Waals surface area contributed by atoms with Crippen molar-refractivity contribution >= 4 is 16.3 Å². The summed E-state index contributed by atoms with van der Waals surface area (Å²) < 4.78 is 9.41. The van der Waals surface area contributed by atoms with Crippen molar-refractivity contribution in [2.45, 2.75) is 30.7 Å². The lowest BCUT2D eigenvalue weighted by atomic mass is 10.00. The van der Waals surface area contributed by atoms with Crippen molar-refractivity contribution in [2.24, 2.45) is 0 Å². The van der Waals surface area contributed by atoms with Crippen molar-refractivity contribution in [3.63, 3.8) is 0 Å². The molecule has 0 aromatic heterocycles. The summed E-state index contributed by atoms with van der Waals surface area (Å²) in [6, 6.07) is 0. The van der Waals surface area contributed by atoms with Gasteiger partial charge in [-0.15, -0.1) is 0 Å². The van der Waals surface area contributed by atoms with E-state index in [0.717, 1.165) is 0 Å². The van der Waals surface area contributed by atoms with E-state index in [4.69, 9.17) is 9.84 Å². The molecule has 0 aliphatic carbocycles. The second kappa shape index (κ2) is 4.65. The Kier molecular flexibility index (Phi) is 4.05. The van der Waals surface area contributed by atoms with E-state index in [1.807, 2.05) is 0 Å². The van der Waals surface area contributed by atoms with Gasteiger partial charge in [0.05, 0.1) is 6.61 Å². The van der Waals surface area contributed by atoms with Crippen molar-refractivity contribution in [1.29, 1.82) is 0 Å². The van der Waals surface area contributed by atoms with Gasteiger partial charge < -0.3 is 25.2 Å². The smallest absolute Gasteiger partial charge is 0.199 e. The van der Waals surface area contributed by atoms with Crippen LogP contribution in [0.4, 0.5) is 0 Å². The Hall–Kier alpha value is 0.240. The molecule has 13 heavy (non-hydrogen) atoms. The molecule has 78 valence electrons. The maximum Gasteiger partial charge on any atom is 0.199 e. The van der Waals surface area contributed by atoms with Crippen LogP contribution in [-0.4, -0.2) is 57.7 Å². The monoisotopic (exact) mass is 258 g/mol. The molecule has 1 fully saturated rings. The minimum absolute atomic E-state index is 0.461. The highest BCUT2D eigenvalue weighted by molar-refractivity contribution is 9.06. The van der Waals surface area contributed by atoms with Crippen LogP contribution >= 0.6 is 16.3 Å². The van der Waals surface area contributed by atoms with Crippen molar-refractivity contribution in [2.75, 3.05) is 6.61 Å². The Morgan fingerprint density at radius 2 is 1.77 bits per heavy atom. The van der Waals surface area contributed by atoms with Crippen LogP contribution in [0.3, 0.4) is 0 Å². The zero-order chi connectivity index (χ0) is 10.0. The van der Waals surface area contributed by atoms with Gasteiger partial charge in [-0.05, 0) is 0 Å². The fraction of sp³-hybridized carbons (Fsp3) is 1.00. The quantitative estimate of drug-likeness (QED) is 0.463. The number of hydrogen-bond acceptors (Lipinski definition) is 6. The van der Waals surface area contributed by atoms with Crippen molar-refractivity contribution in [3.8, 4) is 0 Å². The third-order valence-corrected chi connectivity index (χ3v) is 2.30. The van der Waals surface area contributed by atoms with Crippen molar-refractivity contribution in [1.82, 2.24) is 0 Å². The van der Waals surface area contributed by atoms with E-state index in [9.17, 15) is 15.3 Å². The van der Waals surface area contributed by atoms with E-state index in [1.54, 1.807) is 0 Å². The molecular weight excluding hydrogens is 248 g/mol. The third-order valence-electron chi connectivity index (χ3n) is 1.94. The Morgan fingerprint density at radius 1 is 1.15 bits per heavy atom. The molecular formula is C6H11BrO6. The van der Waals surface area contributed by atoms with Gasteiger partial charge in [-0.3, -0.25) is 3.83 Å². The number of rotatable bonds is 2. The standard InChI is InChI=1S/C6H11BrO6/c7-13-6-5(11)4(10)3(9)2(1-8)12-6/h2-6,8-11H,1H2/t2-,3+,4+,5-,6?/m1/s1. The highest BCUT2D eigenvalue weighted by Gasteiger charge is 2.43. The Bertz CT molecular complexity index is 147. The van der Waals surface area contributed by atoms with Crippen LogP contribution in [0.1, 0.15) is 0 Å². The summed E-state index contributed by atoms with van der Waals surface area (Å²) in [5.41, 5.74) is 0. The molecule has 1 aliphatic rings. The topological polar surface area (TPSA) is 99.4 Å². The number of hydrogen-bond donors (Lipinski definition) is 4. The average Bonchev–Trinajstić information content (AvgIpc) is 2.15. The fourth-order valence-corrected chi connectivity index (χ4v) is 1.45. The summed E-state index contributed by atoms with van der Waals surface area (Å²) in [5.74, 6) is 0. The molecule has 1 unspecified atom stereocenters. The van der Waals surface area contributed by atoms with Gasteiger partial charge in [0, 0.05) is 0 Å². The lowest BCUT2D eigenvalue weighted by Crippen LogP contribution is -2.58. The minimum atomic E-state index is -1.39. The van der Waals surface area contributed by atoms with Gasteiger partial charge in [0.2, 0.25) is 0 Å². The zero-order valence-electron chi connectivity index (χ0n) is 6.58. The minimum Gasteiger partial charge on any atom is -0.394 e. The summed E-state index contributed by atoms with van der Waals surface area (Å²) >= 11 is 2.60. The molecule has 1 aliphatic heterocycles. The van der Waals surface area contributed by atoms with Crippen LogP contribution in [0.25, 0.3) is 0 Å². The van der Waals surface area contributed by atoms with E-state index in [1.165, 1.54) is 0 Å². The van der Waals surface area contributed by atoms with Crippen molar-refractivity contribution in [3.05, 3.63) is 0 Å². The molecule has 5 atom stereocenters. The second-order valence-corrected chi connectivity index (χ2v) is 3.16. The number of ether oxygens (including phenoxy) is 1. The molecule has 1 heterocycles. The first-order valence-electron chi connectivity index (χ1n) is 3.69. The SMILES string of the molecule is OC[C@H]1OC(OBr)[C@H](O)[C@@H](O)[C@H]1O. The van der Waals surface area contributed by atoms with Crippen LogP contribution in [-0.2, 0) is 8.57 Å². The lowest BCUT2D eigenvalue weighted by Gasteiger charge is -2.38. The molecule has 4 N–H and O–H groups in total. The maximum absolute atomic E-state index is 9.26. The first-order chi connectivity index (χ1) is 6.11. The van der Waals surface area contributed by atoms with Gasteiger partial charge in [-0.25, -0.2) is 0 Å². The Morgan fingerprint density at radius 3 is 2.23 bits per heavy atom. The molecule has 0 aromatic carbocycles. The molecule has 1 rings (SSSR count). The Balaban J connectivity index is 2.66. The van der Waals surface area contributed by atoms with Gasteiger partial charge in [-0.2, -0.15) is 0 Å². The van der Waals surface area contributed by atoms with E-state index in [-0.39, 0.29) is 0 Å². The van der Waals surface area contributed by atoms with E-state index < -0.39 is 37.3 Å². The van der Waals surface area contributed by atoms with Gasteiger partial charge >= 0.3 is 0 Å². The molecule has 0 spiro atoms. The van der Waals surface area contributed by atoms with E-state index in [2.05, 4.69) is 20.1 Å². The molecule has 0 radical (unpaired) electrons. The first-order valence-corrected chi connectivity index (χ1v) is 4.34. The Labute approximate surface area is 83.2 Å². The molecule has 0 aromatic rings. The van der Waals surface area contributed by atoms with Gasteiger partial charge in [-0.1, -0.05) is 0 Å². The summed E-state index contributed by atoms with van der Waals surface area (Å²) in [4.78, 5) is 0. The molecule has 7 heteroatoms. The van der Waals surface area contributed by atoms with Crippen LogP contribution in [0, 0.1) is 0 Å². The van der Waals surface area contributed by atoms with Crippen LogP contribution in [0.5, 0.6) is 0 Å². The predicted octanol–water partition coefficient (Wildman–Crippen LogP) is -1.89. The third kappa shape index (κ3) is 2.18. The second-order valence-electron chi connectivity index (χ2n) is 2.79.